The summed E-state index contributed by atoms with van der Waals surface area (Å²) in [5, 5.41) is 0. The highest BCUT2D eigenvalue weighted by atomic mass is 16.2. The largest absolute Gasteiger partial charge is 0.339 e. The molecule has 20 heavy (non-hydrogen) atoms. The van der Waals surface area contributed by atoms with Crippen molar-refractivity contribution in [2.75, 3.05) is 26.7 Å². The highest BCUT2D eigenvalue weighted by Gasteiger charge is 2.33. The molecule has 0 spiro atoms. The van der Waals surface area contributed by atoms with Crippen molar-refractivity contribution in [1.82, 2.24) is 9.80 Å². The molecule has 1 aliphatic heterocycles. The van der Waals surface area contributed by atoms with Crippen LogP contribution in [0.2, 0.25) is 0 Å². The van der Waals surface area contributed by atoms with Crippen LogP contribution in [0.3, 0.4) is 0 Å². The third-order valence-electron chi connectivity index (χ3n) is 4.21. The van der Waals surface area contributed by atoms with Gasteiger partial charge in [-0.25, -0.2) is 0 Å². The second-order valence-electron chi connectivity index (χ2n) is 5.99. The van der Waals surface area contributed by atoms with Crippen molar-refractivity contribution in [2.45, 2.75) is 31.8 Å². The first-order valence-corrected chi connectivity index (χ1v) is 7.27. The number of hydrogen-bond acceptors (Lipinski definition) is 3. The van der Waals surface area contributed by atoms with Gasteiger partial charge in [0.1, 0.15) is 0 Å². The van der Waals surface area contributed by atoms with Gasteiger partial charge < -0.3 is 10.6 Å². The highest BCUT2D eigenvalue weighted by molar-refractivity contribution is 5.78. The molecular formula is C16H25N3O. The van der Waals surface area contributed by atoms with E-state index in [0.29, 0.717) is 19.1 Å². The summed E-state index contributed by atoms with van der Waals surface area (Å²) in [6.07, 6.45) is 0. The van der Waals surface area contributed by atoms with Crippen LogP contribution in [0.1, 0.15) is 25.3 Å². The van der Waals surface area contributed by atoms with Crippen molar-refractivity contribution in [3.63, 3.8) is 0 Å². The van der Waals surface area contributed by atoms with Crippen molar-refractivity contribution in [3.8, 4) is 0 Å². The van der Waals surface area contributed by atoms with E-state index in [0.717, 1.165) is 6.54 Å². The number of carbonyl (C=O) groups is 1. The number of amides is 1. The molecule has 2 rings (SSSR count). The molecule has 1 aromatic rings. The summed E-state index contributed by atoms with van der Waals surface area (Å²) in [6.45, 7) is 6.04. The zero-order chi connectivity index (χ0) is 14.7. The van der Waals surface area contributed by atoms with Gasteiger partial charge in [-0.3, -0.25) is 9.69 Å². The molecule has 0 aliphatic carbocycles. The Morgan fingerprint density at radius 3 is 2.60 bits per heavy atom. The number of carbonyl (C=O) groups excluding carboxylic acids is 1. The zero-order valence-electron chi connectivity index (χ0n) is 12.6. The lowest BCUT2D eigenvalue weighted by Gasteiger charge is -2.24. The molecule has 1 fully saturated rings. The number of nitrogens with zero attached hydrogens (tertiary/aromatic N) is 2. The maximum atomic E-state index is 12.3. The Bertz CT molecular complexity index is 446. The standard InChI is InChI=1S/C16H25N3O/c1-12(2)18(3)11-16(20)19-9-14(15(17)10-19)13-7-5-4-6-8-13/h4-8,12,14-15H,9-11,17H2,1-3H3/t14-,15+/m0/s1. The molecule has 4 heteroatoms. The molecule has 0 bridgehead atoms. The van der Waals surface area contributed by atoms with E-state index in [9.17, 15) is 4.79 Å². The van der Waals surface area contributed by atoms with Crippen LogP contribution >= 0.6 is 0 Å². The van der Waals surface area contributed by atoms with Gasteiger partial charge in [-0.05, 0) is 26.5 Å². The maximum absolute atomic E-state index is 12.3. The van der Waals surface area contributed by atoms with E-state index in [4.69, 9.17) is 5.73 Å². The first-order valence-electron chi connectivity index (χ1n) is 7.27. The Balaban J connectivity index is 1.98. The first-order chi connectivity index (χ1) is 9.49. The number of nitrogens with two attached hydrogens (primary N) is 1. The summed E-state index contributed by atoms with van der Waals surface area (Å²) in [4.78, 5) is 16.3. The number of hydrogen-bond donors (Lipinski definition) is 1. The molecule has 1 heterocycles. The van der Waals surface area contributed by atoms with Gasteiger partial charge in [-0.15, -0.1) is 0 Å². The van der Waals surface area contributed by atoms with Crippen molar-refractivity contribution >= 4 is 5.91 Å². The monoisotopic (exact) mass is 275 g/mol. The zero-order valence-corrected chi connectivity index (χ0v) is 12.6. The fourth-order valence-electron chi connectivity index (χ4n) is 2.58. The highest BCUT2D eigenvalue weighted by Crippen LogP contribution is 2.26. The van der Waals surface area contributed by atoms with Crippen LogP contribution in [0.25, 0.3) is 0 Å². The molecule has 0 aromatic heterocycles. The quantitative estimate of drug-likeness (QED) is 0.900. The van der Waals surface area contributed by atoms with Crippen LogP contribution in [0.5, 0.6) is 0 Å². The molecule has 2 N–H and O–H groups in total. The molecule has 1 aromatic carbocycles. The minimum Gasteiger partial charge on any atom is -0.339 e. The van der Waals surface area contributed by atoms with Crippen molar-refractivity contribution < 1.29 is 4.79 Å². The lowest BCUT2D eigenvalue weighted by atomic mass is 9.95. The van der Waals surface area contributed by atoms with Gasteiger partial charge in [0.15, 0.2) is 0 Å². The molecule has 0 radical (unpaired) electrons. The summed E-state index contributed by atoms with van der Waals surface area (Å²) in [7, 11) is 1.98. The van der Waals surface area contributed by atoms with Gasteiger partial charge >= 0.3 is 0 Å². The summed E-state index contributed by atoms with van der Waals surface area (Å²) in [5.41, 5.74) is 7.45. The van der Waals surface area contributed by atoms with Crippen LogP contribution in [-0.2, 0) is 4.79 Å². The predicted molar refractivity (Wildman–Crippen MR) is 81.5 cm³/mol. The summed E-state index contributed by atoms with van der Waals surface area (Å²) in [5.74, 6) is 0.430. The number of likely N-dealkylation sites (tertiary alicyclic amines) is 1. The summed E-state index contributed by atoms with van der Waals surface area (Å²) >= 11 is 0. The normalized spacial score (nSPS) is 22.8. The predicted octanol–water partition coefficient (Wildman–Crippen LogP) is 1.28. The van der Waals surface area contributed by atoms with Crippen LogP contribution in [0.15, 0.2) is 30.3 Å². The number of benzene rings is 1. The first kappa shape index (κ1) is 15.0. The van der Waals surface area contributed by atoms with Crippen LogP contribution in [0.4, 0.5) is 0 Å². The molecule has 1 aliphatic rings. The van der Waals surface area contributed by atoms with Crippen molar-refractivity contribution in [3.05, 3.63) is 35.9 Å². The van der Waals surface area contributed by atoms with E-state index in [1.807, 2.05) is 30.1 Å². The molecular weight excluding hydrogens is 250 g/mol. The minimum atomic E-state index is 0.0331. The van der Waals surface area contributed by atoms with Gasteiger partial charge in [0, 0.05) is 31.1 Å². The fourth-order valence-corrected chi connectivity index (χ4v) is 2.58. The van der Waals surface area contributed by atoms with E-state index < -0.39 is 0 Å². The van der Waals surface area contributed by atoms with Crippen LogP contribution in [-0.4, -0.2) is 54.5 Å². The fraction of sp³-hybridized carbons (Fsp3) is 0.562. The molecule has 1 amide bonds. The molecule has 0 unspecified atom stereocenters. The average molecular weight is 275 g/mol. The van der Waals surface area contributed by atoms with Crippen LogP contribution < -0.4 is 5.73 Å². The Kier molecular flexibility index (Phi) is 4.78. The number of rotatable bonds is 4. The Morgan fingerprint density at radius 1 is 1.35 bits per heavy atom. The smallest absolute Gasteiger partial charge is 0.236 e. The Hall–Kier alpha value is -1.39. The van der Waals surface area contributed by atoms with Crippen molar-refractivity contribution in [2.24, 2.45) is 5.73 Å². The van der Waals surface area contributed by atoms with Gasteiger partial charge in [-0.2, -0.15) is 0 Å². The van der Waals surface area contributed by atoms with Crippen LogP contribution in [0, 0.1) is 0 Å². The SMILES string of the molecule is CC(C)N(C)CC(=O)N1C[C@@H](N)[C@H](c2ccccc2)C1. The second kappa shape index (κ2) is 6.37. The molecule has 110 valence electrons. The van der Waals surface area contributed by atoms with Gasteiger partial charge in [0.25, 0.3) is 0 Å². The maximum Gasteiger partial charge on any atom is 0.236 e. The van der Waals surface area contributed by atoms with Gasteiger partial charge in [0.05, 0.1) is 6.54 Å². The second-order valence-corrected chi connectivity index (χ2v) is 5.99. The van der Waals surface area contributed by atoms with Gasteiger partial charge in [0.2, 0.25) is 5.91 Å². The summed E-state index contributed by atoms with van der Waals surface area (Å²) in [6, 6.07) is 10.7. The lowest BCUT2D eigenvalue weighted by molar-refractivity contribution is -0.131. The molecule has 2 atom stereocenters. The third kappa shape index (κ3) is 3.38. The van der Waals surface area contributed by atoms with E-state index in [1.165, 1.54) is 5.56 Å². The van der Waals surface area contributed by atoms with E-state index in [1.54, 1.807) is 0 Å². The molecule has 4 nitrogen and oxygen atoms in total. The molecule has 0 saturated carbocycles. The van der Waals surface area contributed by atoms with E-state index in [2.05, 4.69) is 30.9 Å². The van der Waals surface area contributed by atoms with E-state index in [-0.39, 0.29) is 17.9 Å². The summed E-state index contributed by atoms with van der Waals surface area (Å²) < 4.78 is 0. The number of likely N-dealkylation sites (N-methyl/N-ethyl adjacent to an activating group) is 1. The lowest BCUT2D eigenvalue weighted by Crippen LogP contribution is -2.41. The average Bonchev–Trinajstić information content (AvgIpc) is 2.81. The molecule has 1 saturated heterocycles. The Labute approximate surface area is 121 Å². The van der Waals surface area contributed by atoms with E-state index >= 15 is 0 Å². The van der Waals surface area contributed by atoms with Crippen molar-refractivity contribution in [1.29, 1.82) is 0 Å². The third-order valence-corrected chi connectivity index (χ3v) is 4.21. The topological polar surface area (TPSA) is 49.6 Å². The van der Waals surface area contributed by atoms with Gasteiger partial charge in [-0.1, -0.05) is 30.3 Å². The Morgan fingerprint density at radius 2 is 2.00 bits per heavy atom. The minimum absolute atomic E-state index is 0.0331.